The minimum absolute atomic E-state index is 0.0912. The van der Waals surface area contributed by atoms with Crippen LogP contribution in [-0.2, 0) is 4.79 Å². The van der Waals surface area contributed by atoms with Gasteiger partial charge in [0.15, 0.2) is 0 Å². The highest BCUT2D eigenvalue weighted by atomic mass is 16.2. The van der Waals surface area contributed by atoms with Crippen LogP contribution in [0.15, 0.2) is 0 Å². The van der Waals surface area contributed by atoms with Crippen LogP contribution >= 0.6 is 0 Å². The van der Waals surface area contributed by atoms with Gasteiger partial charge < -0.3 is 4.90 Å². The first-order valence-corrected chi connectivity index (χ1v) is 3.07. The Morgan fingerprint density at radius 2 is 2.00 bits per heavy atom. The molecule has 0 atom stereocenters. The van der Waals surface area contributed by atoms with Crippen LogP contribution in [0.25, 0.3) is 0 Å². The van der Waals surface area contributed by atoms with Crippen molar-refractivity contribution < 1.29 is 4.79 Å². The summed E-state index contributed by atoms with van der Waals surface area (Å²) in [5.74, 6) is -0.0912. The summed E-state index contributed by atoms with van der Waals surface area (Å²) in [5, 5.41) is 8.57. The molecule has 0 aromatic heterocycles. The zero-order valence-electron chi connectivity index (χ0n) is 6.80. The Labute approximate surface area is 61.2 Å². The van der Waals surface area contributed by atoms with Gasteiger partial charge in [0.2, 0.25) is 5.91 Å². The second kappa shape index (κ2) is 2.70. The average molecular weight is 140 g/mol. The molecule has 0 aromatic carbocycles. The van der Waals surface area contributed by atoms with Gasteiger partial charge in [-0.15, -0.1) is 0 Å². The van der Waals surface area contributed by atoms with Gasteiger partial charge in [-0.3, -0.25) is 4.79 Å². The number of hydrogen-bond donors (Lipinski definition) is 0. The smallest absolute Gasteiger partial charge is 0.220 e. The van der Waals surface area contributed by atoms with Gasteiger partial charge in [-0.2, -0.15) is 5.26 Å². The van der Waals surface area contributed by atoms with Crippen molar-refractivity contribution in [2.24, 2.45) is 0 Å². The van der Waals surface area contributed by atoms with Gasteiger partial charge in [-0.1, -0.05) is 0 Å². The molecule has 0 saturated heterocycles. The third-order valence-corrected chi connectivity index (χ3v) is 1.58. The lowest BCUT2D eigenvalue weighted by Crippen LogP contribution is -2.42. The Hall–Kier alpha value is -1.04. The standard InChI is InChI=1S/C7H12N2O/c1-6(10)9(4)7(2,3)5-8/h1-4H3. The van der Waals surface area contributed by atoms with Gasteiger partial charge in [0.1, 0.15) is 5.54 Å². The van der Waals surface area contributed by atoms with Gasteiger partial charge in [0.05, 0.1) is 6.07 Å². The molecule has 0 radical (unpaired) electrons. The molecule has 0 N–H and O–H groups in total. The van der Waals surface area contributed by atoms with Crippen molar-refractivity contribution >= 4 is 5.91 Å². The summed E-state index contributed by atoms with van der Waals surface area (Å²) in [6, 6.07) is 2.03. The van der Waals surface area contributed by atoms with Crippen LogP contribution in [0.1, 0.15) is 20.8 Å². The summed E-state index contributed by atoms with van der Waals surface area (Å²) in [6.07, 6.45) is 0. The van der Waals surface area contributed by atoms with Crippen molar-refractivity contribution in [3.63, 3.8) is 0 Å². The largest absolute Gasteiger partial charge is 0.328 e. The summed E-state index contributed by atoms with van der Waals surface area (Å²) in [6.45, 7) is 4.85. The second-order valence-corrected chi connectivity index (χ2v) is 2.75. The van der Waals surface area contributed by atoms with E-state index in [-0.39, 0.29) is 5.91 Å². The summed E-state index contributed by atoms with van der Waals surface area (Å²) >= 11 is 0. The third kappa shape index (κ3) is 1.73. The molecule has 0 rings (SSSR count). The first-order chi connectivity index (χ1) is 4.41. The highest BCUT2D eigenvalue weighted by Crippen LogP contribution is 2.09. The van der Waals surface area contributed by atoms with Crippen LogP contribution in [0.5, 0.6) is 0 Å². The predicted octanol–water partition coefficient (Wildman–Crippen LogP) is 0.767. The molecule has 0 spiro atoms. The highest BCUT2D eigenvalue weighted by Gasteiger charge is 2.24. The molecular weight excluding hydrogens is 128 g/mol. The van der Waals surface area contributed by atoms with Crippen LogP contribution in [0, 0.1) is 11.3 Å². The number of hydrogen-bond acceptors (Lipinski definition) is 2. The normalized spacial score (nSPS) is 10.3. The van der Waals surface area contributed by atoms with Crippen molar-refractivity contribution in [2.75, 3.05) is 7.05 Å². The molecule has 3 nitrogen and oxygen atoms in total. The number of nitrogens with zero attached hydrogens (tertiary/aromatic N) is 2. The molecule has 0 unspecified atom stereocenters. The molecule has 0 aliphatic rings. The molecule has 3 heteroatoms. The number of carbonyl (C=O) groups is 1. The zero-order chi connectivity index (χ0) is 8.36. The van der Waals surface area contributed by atoms with E-state index in [1.807, 2.05) is 6.07 Å². The van der Waals surface area contributed by atoms with Crippen molar-refractivity contribution in [3.8, 4) is 6.07 Å². The van der Waals surface area contributed by atoms with Crippen LogP contribution in [-0.4, -0.2) is 23.4 Å². The summed E-state index contributed by atoms with van der Waals surface area (Å²) in [4.78, 5) is 12.1. The maximum absolute atomic E-state index is 10.7. The van der Waals surface area contributed by atoms with Gasteiger partial charge >= 0.3 is 0 Å². The average Bonchev–Trinajstić information content (AvgIpc) is 1.86. The fraction of sp³-hybridized carbons (Fsp3) is 0.714. The van der Waals surface area contributed by atoms with Gasteiger partial charge in [-0.25, -0.2) is 0 Å². The van der Waals surface area contributed by atoms with E-state index in [0.717, 1.165) is 0 Å². The first kappa shape index (κ1) is 8.96. The minimum Gasteiger partial charge on any atom is -0.328 e. The number of rotatable bonds is 1. The fourth-order valence-electron chi connectivity index (χ4n) is 0.469. The quantitative estimate of drug-likeness (QED) is 0.540. The molecule has 0 aliphatic carbocycles. The van der Waals surface area contributed by atoms with Gasteiger partial charge in [0, 0.05) is 14.0 Å². The summed E-state index contributed by atoms with van der Waals surface area (Å²) in [5.41, 5.74) is -0.689. The van der Waals surface area contributed by atoms with Gasteiger partial charge in [-0.05, 0) is 13.8 Å². The molecule has 0 fully saturated rings. The van der Waals surface area contributed by atoms with E-state index in [4.69, 9.17) is 5.26 Å². The third-order valence-electron chi connectivity index (χ3n) is 1.58. The Morgan fingerprint density at radius 1 is 1.60 bits per heavy atom. The summed E-state index contributed by atoms with van der Waals surface area (Å²) in [7, 11) is 1.62. The molecule has 0 heterocycles. The lowest BCUT2D eigenvalue weighted by Gasteiger charge is -2.27. The number of amides is 1. The molecule has 56 valence electrons. The molecule has 0 bridgehead atoms. The van der Waals surface area contributed by atoms with Gasteiger partial charge in [0.25, 0.3) is 0 Å². The maximum Gasteiger partial charge on any atom is 0.220 e. The Morgan fingerprint density at radius 3 is 2.10 bits per heavy atom. The lowest BCUT2D eigenvalue weighted by atomic mass is 10.1. The van der Waals surface area contributed by atoms with E-state index in [2.05, 4.69) is 0 Å². The van der Waals surface area contributed by atoms with E-state index in [0.29, 0.717) is 0 Å². The van der Waals surface area contributed by atoms with Crippen molar-refractivity contribution in [1.82, 2.24) is 4.90 Å². The van der Waals surface area contributed by atoms with Crippen molar-refractivity contribution in [1.29, 1.82) is 5.26 Å². The molecule has 10 heavy (non-hydrogen) atoms. The van der Waals surface area contributed by atoms with E-state index >= 15 is 0 Å². The second-order valence-electron chi connectivity index (χ2n) is 2.75. The topological polar surface area (TPSA) is 44.1 Å². The van der Waals surface area contributed by atoms with E-state index in [9.17, 15) is 4.79 Å². The predicted molar refractivity (Wildman–Crippen MR) is 38.1 cm³/mol. The van der Waals surface area contributed by atoms with Crippen molar-refractivity contribution in [2.45, 2.75) is 26.3 Å². The van der Waals surface area contributed by atoms with E-state index in [1.54, 1.807) is 20.9 Å². The van der Waals surface area contributed by atoms with Crippen LogP contribution in [0.3, 0.4) is 0 Å². The first-order valence-electron chi connectivity index (χ1n) is 3.07. The number of nitriles is 1. The molecule has 0 saturated carbocycles. The zero-order valence-corrected chi connectivity index (χ0v) is 6.80. The SMILES string of the molecule is CC(=O)N(C)C(C)(C)C#N. The Balaban J connectivity index is 4.37. The number of carbonyl (C=O) groups excluding carboxylic acids is 1. The van der Waals surface area contributed by atoms with Crippen LogP contribution in [0.4, 0.5) is 0 Å². The van der Waals surface area contributed by atoms with Crippen LogP contribution < -0.4 is 0 Å². The molecule has 0 aromatic rings. The monoisotopic (exact) mass is 140 g/mol. The minimum atomic E-state index is -0.689. The molecule has 1 amide bonds. The van der Waals surface area contributed by atoms with Crippen LogP contribution in [0.2, 0.25) is 0 Å². The molecular formula is C7H12N2O. The lowest BCUT2D eigenvalue weighted by molar-refractivity contribution is -0.130. The van der Waals surface area contributed by atoms with E-state index in [1.165, 1.54) is 11.8 Å². The highest BCUT2D eigenvalue weighted by molar-refractivity contribution is 5.74. The Kier molecular flexibility index (Phi) is 2.42. The molecule has 0 aliphatic heterocycles. The van der Waals surface area contributed by atoms with Crippen molar-refractivity contribution in [3.05, 3.63) is 0 Å². The summed E-state index contributed by atoms with van der Waals surface area (Å²) < 4.78 is 0. The maximum atomic E-state index is 10.7. The fourth-order valence-corrected chi connectivity index (χ4v) is 0.469. The Bertz CT molecular complexity index is 179. The van der Waals surface area contributed by atoms with E-state index < -0.39 is 5.54 Å².